The Bertz CT molecular complexity index is 487. The van der Waals surface area contributed by atoms with Gasteiger partial charge in [0.05, 0.1) is 20.5 Å². The van der Waals surface area contributed by atoms with Gasteiger partial charge in [-0.25, -0.2) is 9.36 Å². The molecule has 1 rings (SSSR count). The van der Waals surface area contributed by atoms with E-state index in [-0.39, 0.29) is 64.9 Å². The Morgan fingerprint density at radius 1 is 1.00 bits per heavy atom. The van der Waals surface area contributed by atoms with Crippen molar-refractivity contribution in [3.63, 3.8) is 0 Å². The van der Waals surface area contributed by atoms with Crippen molar-refractivity contribution < 1.29 is 112 Å². The van der Waals surface area contributed by atoms with E-state index in [4.69, 9.17) is 43.6 Å². The SMILES string of the molecule is COC(=O)c1ccc(O)cc1.O=P(O)(O)O.O=P([O-])([O-])O.[Na+].[Na+]. The summed E-state index contributed by atoms with van der Waals surface area (Å²) in [5.41, 5.74) is 0.435. The van der Waals surface area contributed by atoms with E-state index >= 15 is 0 Å². The molecule has 0 saturated heterocycles. The summed E-state index contributed by atoms with van der Waals surface area (Å²) >= 11 is 0. The van der Waals surface area contributed by atoms with E-state index < -0.39 is 21.6 Å². The fourth-order valence-corrected chi connectivity index (χ4v) is 0.715. The summed E-state index contributed by atoms with van der Waals surface area (Å²) in [6.45, 7) is 0. The first-order chi connectivity index (χ1) is 9.24. The van der Waals surface area contributed by atoms with E-state index in [0.29, 0.717) is 5.56 Å². The number of aromatic hydroxyl groups is 1. The summed E-state index contributed by atoms with van der Waals surface area (Å²) in [4.78, 5) is 56.7. The van der Waals surface area contributed by atoms with Crippen LogP contribution in [0, 0.1) is 0 Å². The second kappa shape index (κ2) is 15.0. The predicted octanol–water partition coefficient (Wildman–Crippen LogP) is -7.93. The maximum Gasteiger partial charge on any atom is 1.00 e. The maximum absolute atomic E-state index is 10.8. The van der Waals surface area contributed by atoms with Crippen molar-refractivity contribution in [2.45, 2.75) is 0 Å². The van der Waals surface area contributed by atoms with E-state index in [1.165, 1.54) is 31.4 Å². The molecule has 0 bridgehead atoms. The molecule has 0 heterocycles. The van der Waals surface area contributed by atoms with E-state index in [9.17, 15) is 4.79 Å². The Balaban J connectivity index is -0.000000129. The molecule has 0 fully saturated rings. The van der Waals surface area contributed by atoms with Gasteiger partial charge in [-0.15, -0.1) is 0 Å². The van der Waals surface area contributed by atoms with Gasteiger partial charge in [0.2, 0.25) is 0 Å². The summed E-state index contributed by atoms with van der Waals surface area (Å²) in [5.74, 6) is -0.261. The molecule has 5 N–H and O–H groups in total. The molecule has 0 amide bonds. The normalized spacial score (nSPS) is 9.52. The number of esters is 1. The van der Waals surface area contributed by atoms with Crippen LogP contribution < -0.4 is 68.9 Å². The van der Waals surface area contributed by atoms with Crippen molar-refractivity contribution in [2.75, 3.05) is 7.11 Å². The number of carbonyl (C=O) groups is 1. The molecule has 0 aliphatic heterocycles. The predicted molar refractivity (Wildman–Crippen MR) is 63.5 cm³/mol. The third kappa shape index (κ3) is 34.9. The van der Waals surface area contributed by atoms with Crippen LogP contribution in [-0.4, -0.2) is 37.8 Å². The van der Waals surface area contributed by atoms with Crippen LogP contribution in [0.4, 0.5) is 0 Å². The smallest absolute Gasteiger partial charge is 0.790 e. The molecular weight excluding hydrogens is 380 g/mol. The molecule has 15 heteroatoms. The van der Waals surface area contributed by atoms with Crippen molar-refractivity contribution in [1.82, 2.24) is 0 Å². The second-order valence-electron chi connectivity index (χ2n) is 3.02. The first-order valence-electron chi connectivity index (χ1n) is 4.64. The van der Waals surface area contributed by atoms with E-state index in [0.717, 1.165) is 0 Å². The van der Waals surface area contributed by atoms with Gasteiger partial charge >= 0.3 is 72.9 Å². The molecule has 0 radical (unpaired) electrons. The van der Waals surface area contributed by atoms with Gasteiger partial charge in [-0.1, -0.05) is 0 Å². The number of ether oxygens (including phenoxy) is 1. The first kappa shape index (κ1) is 31.5. The molecule has 11 nitrogen and oxygen atoms in total. The van der Waals surface area contributed by atoms with Crippen LogP contribution in [0.15, 0.2) is 24.3 Å². The molecule has 0 spiro atoms. The summed E-state index contributed by atoms with van der Waals surface area (Å²) in [5, 5.41) is 8.86. The van der Waals surface area contributed by atoms with Gasteiger partial charge in [0.1, 0.15) is 5.75 Å². The van der Waals surface area contributed by atoms with Crippen LogP contribution >= 0.6 is 15.6 Å². The Morgan fingerprint density at radius 2 is 1.26 bits per heavy atom. The summed E-state index contributed by atoms with van der Waals surface area (Å²) in [6, 6.07) is 5.88. The zero-order valence-electron chi connectivity index (χ0n) is 12.4. The zero-order chi connectivity index (χ0) is 17.3. The third-order valence-corrected chi connectivity index (χ3v) is 1.29. The fourth-order valence-electron chi connectivity index (χ4n) is 0.715. The molecule has 1 aromatic carbocycles. The van der Waals surface area contributed by atoms with Crippen LogP contribution in [0.5, 0.6) is 5.75 Å². The van der Waals surface area contributed by atoms with E-state index in [2.05, 4.69) is 4.74 Å². The molecule has 0 atom stereocenters. The number of rotatable bonds is 1. The van der Waals surface area contributed by atoms with Crippen LogP contribution in [0.1, 0.15) is 10.4 Å². The van der Waals surface area contributed by atoms with E-state index in [1.54, 1.807) is 0 Å². The Kier molecular flexibility index (Phi) is 20.5. The van der Waals surface area contributed by atoms with Gasteiger partial charge in [-0.3, -0.25) is 0 Å². The molecule has 1 aromatic rings. The minimum Gasteiger partial charge on any atom is -0.790 e. The number of hydrogen-bond acceptors (Lipinski definition) is 7. The average molecular weight is 392 g/mol. The topological polar surface area (TPSA) is 208 Å². The van der Waals surface area contributed by atoms with Gasteiger partial charge < -0.3 is 43.8 Å². The van der Waals surface area contributed by atoms with Crippen LogP contribution in [0.2, 0.25) is 0 Å². The molecule has 0 aromatic heterocycles. The Morgan fingerprint density at radius 3 is 1.48 bits per heavy atom. The number of hydrogen-bond donors (Lipinski definition) is 5. The Hall–Kier alpha value is 0.710. The fraction of sp³-hybridized carbons (Fsp3) is 0.125. The first-order valence-corrected chi connectivity index (χ1v) is 7.70. The summed E-state index contributed by atoms with van der Waals surface area (Å²) < 4.78 is 22.0. The van der Waals surface area contributed by atoms with Gasteiger partial charge in [0.25, 0.3) is 0 Å². The second-order valence-corrected chi connectivity index (χ2v) is 4.98. The summed E-state index contributed by atoms with van der Waals surface area (Å²) in [7, 11) is -8.46. The number of phenolic OH excluding ortho intramolecular Hbond substituents is 1. The van der Waals surface area contributed by atoms with Crippen LogP contribution in [-0.2, 0) is 13.9 Å². The summed E-state index contributed by atoms with van der Waals surface area (Å²) in [6.07, 6.45) is 0. The molecular formula is C8H12Na2O11P2. The minimum atomic E-state index is -5.14. The van der Waals surface area contributed by atoms with Gasteiger partial charge in [0, 0.05) is 0 Å². The number of carbonyl (C=O) groups excluding carboxylic acids is 1. The maximum atomic E-state index is 10.8. The minimum absolute atomic E-state index is 0. The van der Waals surface area contributed by atoms with Crippen LogP contribution in [0.25, 0.3) is 0 Å². The molecule has 0 unspecified atom stereocenters. The zero-order valence-corrected chi connectivity index (χ0v) is 18.2. The van der Waals surface area contributed by atoms with Gasteiger partial charge in [0.15, 0.2) is 0 Å². The van der Waals surface area contributed by atoms with Gasteiger partial charge in [-0.05, 0) is 24.3 Å². The number of methoxy groups -OCH3 is 1. The van der Waals surface area contributed by atoms with Crippen molar-refractivity contribution in [2.24, 2.45) is 0 Å². The van der Waals surface area contributed by atoms with E-state index in [1.807, 2.05) is 0 Å². The monoisotopic (exact) mass is 392 g/mol. The van der Waals surface area contributed by atoms with Crippen molar-refractivity contribution in [3.05, 3.63) is 29.8 Å². The van der Waals surface area contributed by atoms with Crippen molar-refractivity contribution in [1.29, 1.82) is 0 Å². The average Bonchev–Trinajstić information content (AvgIpc) is 2.24. The van der Waals surface area contributed by atoms with Crippen LogP contribution in [0.3, 0.4) is 0 Å². The molecule has 23 heavy (non-hydrogen) atoms. The largest absolute Gasteiger partial charge is 1.00 e. The van der Waals surface area contributed by atoms with Gasteiger partial charge in [-0.2, -0.15) is 0 Å². The Labute approximate surface area is 175 Å². The standard InChI is InChI=1S/C8H8O3.2Na.2H3O4P/c1-11-8(10)6-2-4-7(9)5-3-6;;;2*1-5(2,3)4/h2-5,9H,1H3;;;2*(H3,1,2,3,4)/q;2*+1;;/p-2. The van der Waals surface area contributed by atoms with Crippen molar-refractivity contribution in [3.8, 4) is 5.75 Å². The van der Waals surface area contributed by atoms with Crippen molar-refractivity contribution >= 4 is 21.6 Å². The third-order valence-electron chi connectivity index (χ3n) is 1.29. The quantitative estimate of drug-likeness (QED) is 0.172. The molecule has 0 aliphatic rings. The molecule has 122 valence electrons. The molecule has 0 aliphatic carbocycles. The molecule has 0 saturated carbocycles. The number of benzene rings is 1. The number of phenols is 1. The number of phosphoric acid groups is 2.